The Labute approximate surface area is 224 Å². The average molecular weight is 528 g/mol. The van der Waals surface area contributed by atoms with Gasteiger partial charge < -0.3 is 19.3 Å². The van der Waals surface area contributed by atoms with E-state index in [-0.39, 0.29) is 6.61 Å². The average Bonchev–Trinajstić information content (AvgIpc) is 3.29. The van der Waals surface area contributed by atoms with Crippen molar-refractivity contribution in [3.63, 3.8) is 0 Å². The number of hydrogen-bond acceptors (Lipinski definition) is 6. The molecule has 2 heterocycles. The zero-order valence-electron chi connectivity index (χ0n) is 22.3. The standard InChI is InChI=1S/C29H38ClN3O4/c1-21-16-31-33(17-21)11-6-12-36-27-15-24(7-8-26(27)35-4)18-32-10-5-9-29(34,19-32)20-37-25-13-22(2)28(30)23(3)14-25/h7-8,13-17,34H,5-6,9-12,18-20H2,1-4H3. The number of piperidine rings is 1. The molecule has 7 nitrogen and oxygen atoms in total. The minimum absolute atomic E-state index is 0.247. The van der Waals surface area contributed by atoms with Gasteiger partial charge >= 0.3 is 0 Å². The van der Waals surface area contributed by atoms with Gasteiger partial charge in [0.15, 0.2) is 11.5 Å². The smallest absolute Gasteiger partial charge is 0.161 e. The van der Waals surface area contributed by atoms with E-state index in [0.29, 0.717) is 26.1 Å². The van der Waals surface area contributed by atoms with Crippen LogP contribution in [0.5, 0.6) is 17.2 Å². The van der Waals surface area contributed by atoms with Crippen LogP contribution in [-0.2, 0) is 13.1 Å². The summed E-state index contributed by atoms with van der Waals surface area (Å²) >= 11 is 6.28. The van der Waals surface area contributed by atoms with E-state index in [4.69, 9.17) is 25.8 Å². The molecule has 1 N–H and O–H groups in total. The van der Waals surface area contributed by atoms with Crippen LogP contribution in [0.3, 0.4) is 0 Å². The Bertz CT molecular complexity index is 1170. The van der Waals surface area contributed by atoms with Crippen molar-refractivity contribution in [3.8, 4) is 17.2 Å². The normalized spacial score (nSPS) is 18.1. The lowest BCUT2D eigenvalue weighted by molar-refractivity contribution is -0.0621. The summed E-state index contributed by atoms with van der Waals surface area (Å²) < 4.78 is 19.6. The Morgan fingerprint density at radius 2 is 1.86 bits per heavy atom. The maximum atomic E-state index is 11.3. The van der Waals surface area contributed by atoms with E-state index in [1.54, 1.807) is 7.11 Å². The monoisotopic (exact) mass is 527 g/mol. The summed E-state index contributed by atoms with van der Waals surface area (Å²) in [6, 6.07) is 9.90. The Kier molecular flexibility index (Phi) is 9.00. The molecule has 8 heteroatoms. The van der Waals surface area contributed by atoms with Crippen molar-refractivity contribution in [2.45, 2.75) is 58.7 Å². The predicted molar refractivity (Wildman–Crippen MR) is 146 cm³/mol. The Morgan fingerprint density at radius 3 is 2.57 bits per heavy atom. The van der Waals surface area contributed by atoms with E-state index in [2.05, 4.69) is 16.1 Å². The van der Waals surface area contributed by atoms with Gasteiger partial charge in [-0.1, -0.05) is 17.7 Å². The summed E-state index contributed by atoms with van der Waals surface area (Å²) in [4.78, 5) is 2.27. The Hall–Kier alpha value is -2.74. The van der Waals surface area contributed by atoms with Crippen molar-refractivity contribution in [1.29, 1.82) is 0 Å². The highest BCUT2D eigenvalue weighted by atomic mass is 35.5. The third kappa shape index (κ3) is 7.40. The van der Waals surface area contributed by atoms with Gasteiger partial charge in [0.25, 0.3) is 0 Å². The summed E-state index contributed by atoms with van der Waals surface area (Å²) in [7, 11) is 1.66. The van der Waals surface area contributed by atoms with Crippen molar-refractivity contribution >= 4 is 11.6 Å². The van der Waals surface area contributed by atoms with Crippen molar-refractivity contribution in [2.24, 2.45) is 0 Å². The first-order valence-corrected chi connectivity index (χ1v) is 13.3. The van der Waals surface area contributed by atoms with Gasteiger partial charge in [0.05, 0.1) is 19.9 Å². The van der Waals surface area contributed by atoms with Gasteiger partial charge in [-0.2, -0.15) is 5.10 Å². The van der Waals surface area contributed by atoms with E-state index in [1.807, 2.05) is 62.1 Å². The number of benzene rings is 2. The quantitative estimate of drug-likeness (QED) is 0.339. The summed E-state index contributed by atoms with van der Waals surface area (Å²) in [6.45, 7) is 9.78. The number of aromatic nitrogens is 2. The third-order valence-corrected chi connectivity index (χ3v) is 7.33. The van der Waals surface area contributed by atoms with Gasteiger partial charge in [0, 0.05) is 37.3 Å². The summed E-state index contributed by atoms with van der Waals surface area (Å²) in [5, 5.41) is 16.4. The summed E-state index contributed by atoms with van der Waals surface area (Å²) in [5.74, 6) is 2.20. The number of rotatable bonds is 11. The van der Waals surface area contributed by atoms with Gasteiger partial charge in [0.2, 0.25) is 0 Å². The topological polar surface area (TPSA) is 69.0 Å². The van der Waals surface area contributed by atoms with E-state index in [1.165, 1.54) is 0 Å². The minimum atomic E-state index is -0.906. The molecule has 3 aromatic rings. The molecule has 2 aromatic carbocycles. The summed E-state index contributed by atoms with van der Waals surface area (Å²) in [6.07, 6.45) is 6.36. The number of β-amino-alcohol motifs (C(OH)–C–C–N with tert-alkyl or cyclic N) is 1. The molecule has 37 heavy (non-hydrogen) atoms. The number of halogens is 1. The molecule has 1 unspecified atom stereocenters. The van der Waals surface area contributed by atoms with Crippen molar-refractivity contribution in [1.82, 2.24) is 14.7 Å². The van der Waals surface area contributed by atoms with Gasteiger partial charge in [-0.25, -0.2) is 0 Å². The number of aliphatic hydroxyl groups is 1. The predicted octanol–water partition coefficient (Wildman–Crippen LogP) is 5.35. The van der Waals surface area contributed by atoms with Crippen molar-refractivity contribution in [3.05, 3.63) is 70.0 Å². The van der Waals surface area contributed by atoms with Gasteiger partial charge in [0.1, 0.15) is 18.0 Å². The maximum absolute atomic E-state index is 11.3. The number of ether oxygens (including phenoxy) is 3. The van der Waals surface area contributed by atoms with Crippen LogP contribution < -0.4 is 14.2 Å². The van der Waals surface area contributed by atoms with Gasteiger partial charge in [-0.15, -0.1) is 0 Å². The van der Waals surface area contributed by atoms with Crippen LogP contribution in [0.15, 0.2) is 42.7 Å². The second-order valence-electron chi connectivity index (χ2n) is 10.2. The molecule has 0 spiro atoms. The Morgan fingerprint density at radius 1 is 1.08 bits per heavy atom. The second kappa shape index (κ2) is 12.2. The molecule has 1 aromatic heterocycles. The zero-order chi connectivity index (χ0) is 26.4. The zero-order valence-corrected chi connectivity index (χ0v) is 23.1. The van der Waals surface area contributed by atoms with E-state index >= 15 is 0 Å². The summed E-state index contributed by atoms with van der Waals surface area (Å²) in [5.41, 5.74) is 3.32. The molecule has 1 aliphatic rings. The highest BCUT2D eigenvalue weighted by Crippen LogP contribution is 2.31. The van der Waals surface area contributed by atoms with Crippen molar-refractivity contribution < 1.29 is 19.3 Å². The van der Waals surface area contributed by atoms with Crippen LogP contribution >= 0.6 is 11.6 Å². The third-order valence-electron chi connectivity index (χ3n) is 6.74. The number of hydrogen-bond donors (Lipinski definition) is 1. The Balaban J connectivity index is 1.32. The van der Waals surface area contributed by atoms with Crippen molar-refractivity contribution in [2.75, 3.05) is 33.4 Å². The van der Waals surface area contributed by atoms with Crippen LogP contribution in [0.2, 0.25) is 5.02 Å². The molecule has 1 aliphatic heterocycles. The largest absolute Gasteiger partial charge is 0.493 e. The van der Waals surface area contributed by atoms with Crippen LogP contribution in [0, 0.1) is 20.8 Å². The molecule has 0 amide bonds. The van der Waals surface area contributed by atoms with Crippen LogP contribution in [0.25, 0.3) is 0 Å². The van der Waals surface area contributed by atoms with E-state index in [9.17, 15) is 5.11 Å². The SMILES string of the molecule is COc1ccc(CN2CCCC(O)(COc3cc(C)c(Cl)c(C)c3)C2)cc1OCCCn1cc(C)cn1. The first-order valence-electron chi connectivity index (χ1n) is 12.9. The van der Waals surface area contributed by atoms with E-state index < -0.39 is 5.60 Å². The fourth-order valence-corrected chi connectivity index (χ4v) is 4.96. The van der Waals surface area contributed by atoms with Gasteiger partial charge in [-0.3, -0.25) is 9.58 Å². The second-order valence-corrected chi connectivity index (χ2v) is 10.5. The van der Waals surface area contributed by atoms with Crippen LogP contribution in [0.4, 0.5) is 0 Å². The minimum Gasteiger partial charge on any atom is -0.493 e. The van der Waals surface area contributed by atoms with Crippen LogP contribution in [0.1, 0.15) is 41.5 Å². The first kappa shape index (κ1) is 27.3. The molecule has 1 fully saturated rings. The molecule has 0 saturated carbocycles. The first-order chi connectivity index (χ1) is 17.7. The molecular formula is C29H38ClN3O4. The fourth-order valence-electron chi connectivity index (χ4n) is 4.85. The molecule has 1 atom stereocenters. The lowest BCUT2D eigenvalue weighted by Gasteiger charge is -2.39. The lowest BCUT2D eigenvalue weighted by Crippen LogP contribution is -2.51. The number of methoxy groups -OCH3 is 1. The number of likely N-dealkylation sites (tertiary alicyclic amines) is 1. The molecule has 0 bridgehead atoms. The number of nitrogens with zero attached hydrogens (tertiary/aromatic N) is 3. The molecular weight excluding hydrogens is 490 g/mol. The molecule has 1 saturated heterocycles. The highest BCUT2D eigenvalue weighted by Gasteiger charge is 2.34. The maximum Gasteiger partial charge on any atom is 0.161 e. The fraction of sp³-hybridized carbons (Fsp3) is 0.483. The van der Waals surface area contributed by atoms with E-state index in [0.717, 1.165) is 70.5 Å². The molecule has 0 aliphatic carbocycles. The van der Waals surface area contributed by atoms with Gasteiger partial charge in [-0.05, 0) is 86.7 Å². The highest BCUT2D eigenvalue weighted by molar-refractivity contribution is 6.32. The lowest BCUT2D eigenvalue weighted by atomic mass is 9.93. The van der Waals surface area contributed by atoms with Crippen LogP contribution in [-0.4, -0.2) is 58.8 Å². The molecule has 0 radical (unpaired) electrons. The molecule has 4 rings (SSSR count). The number of aryl methyl sites for hydroxylation is 4. The molecule has 200 valence electrons.